The van der Waals surface area contributed by atoms with Crippen molar-refractivity contribution in [2.75, 3.05) is 6.61 Å². The summed E-state index contributed by atoms with van der Waals surface area (Å²) >= 11 is 0. The van der Waals surface area contributed by atoms with Crippen LogP contribution in [-0.2, 0) is 17.6 Å². The van der Waals surface area contributed by atoms with E-state index in [0.29, 0.717) is 24.7 Å². The van der Waals surface area contributed by atoms with E-state index < -0.39 is 51.7 Å². The van der Waals surface area contributed by atoms with E-state index >= 15 is 8.78 Å². The SMILES string of the molecule is OC1(COc2ccc(C34CC(C(F)(F)C(O)(Cn5cnnn5)c5ccc(F)cc5F)(C3)C4)cc2)CC1. The van der Waals surface area contributed by atoms with E-state index in [4.69, 9.17) is 4.74 Å². The van der Waals surface area contributed by atoms with Crippen molar-refractivity contribution in [1.82, 2.24) is 20.2 Å². The average Bonchev–Trinajstić information content (AvgIpc) is 3.28. The van der Waals surface area contributed by atoms with Gasteiger partial charge in [-0.05, 0) is 77.8 Å². The number of ether oxygens (including phenoxy) is 1. The molecule has 7 nitrogen and oxygen atoms in total. The highest BCUT2D eigenvalue weighted by molar-refractivity contribution is 5.44. The lowest BCUT2D eigenvalue weighted by Gasteiger charge is -2.74. The number of alkyl halides is 2. The lowest BCUT2D eigenvalue weighted by Crippen LogP contribution is -2.76. The molecule has 2 N–H and O–H groups in total. The highest BCUT2D eigenvalue weighted by Crippen LogP contribution is 2.80. The number of hydrogen-bond donors (Lipinski definition) is 2. The fraction of sp³-hybridized carbons (Fsp3) is 0.480. The van der Waals surface area contributed by atoms with E-state index in [9.17, 15) is 19.0 Å². The zero-order chi connectivity index (χ0) is 25.4. The second-order valence-electron chi connectivity index (χ2n) is 10.7. The van der Waals surface area contributed by atoms with Gasteiger partial charge in [-0.1, -0.05) is 12.1 Å². The van der Waals surface area contributed by atoms with Crippen LogP contribution in [0.15, 0.2) is 48.8 Å². The third kappa shape index (κ3) is 3.36. The van der Waals surface area contributed by atoms with Crippen molar-refractivity contribution in [1.29, 1.82) is 0 Å². The van der Waals surface area contributed by atoms with E-state index in [0.717, 1.165) is 28.7 Å². The Bertz CT molecular complexity index is 1280. The van der Waals surface area contributed by atoms with E-state index in [1.54, 1.807) is 12.1 Å². The van der Waals surface area contributed by atoms with Gasteiger partial charge in [-0.15, -0.1) is 5.10 Å². The maximum absolute atomic E-state index is 16.2. The Morgan fingerprint density at radius 2 is 1.72 bits per heavy atom. The van der Waals surface area contributed by atoms with Gasteiger partial charge in [0.2, 0.25) is 0 Å². The molecule has 7 rings (SSSR count). The molecule has 190 valence electrons. The molecule has 0 amide bonds. The molecule has 4 fully saturated rings. The molecule has 1 heterocycles. The lowest BCUT2D eigenvalue weighted by molar-refractivity contribution is -0.347. The van der Waals surface area contributed by atoms with Gasteiger partial charge < -0.3 is 14.9 Å². The van der Waals surface area contributed by atoms with Crippen molar-refractivity contribution in [3.05, 3.63) is 71.6 Å². The van der Waals surface area contributed by atoms with Gasteiger partial charge in [0.1, 0.15) is 30.3 Å². The Labute approximate surface area is 203 Å². The predicted octanol–water partition coefficient (Wildman–Crippen LogP) is 3.50. The third-order valence-corrected chi connectivity index (χ3v) is 8.18. The van der Waals surface area contributed by atoms with Crippen LogP contribution in [-0.4, -0.2) is 48.6 Å². The number of halogens is 4. The predicted molar refractivity (Wildman–Crippen MR) is 117 cm³/mol. The number of benzene rings is 2. The molecule has 11 heteroatoms. The third-order valence-electron chi connectivity index (χ3n) is 8.18. The molecule has 0 aliphatic heterocycles. The number of hydrogen-bond acceptors (Lipinski definition) is 6. The quantitative estimate of drug-likeness (QED) is 0.434. The topological polar surface area (TPSA) is 93.3 Å². The standard InChI is InChI=1S/C25H24F4N4O3/c26-17-3-6-19(20(27)9-17)24(35,13-33-15-30-31-32-33)25(28,29)22-10-21(11-22,12-22)16-1-4-18(5-2-16)36-14-23(34)7-8-23/h1-6,9,15,34-35H,7-8,10-14H2. The summed E-state index contributed by atoms with van der Waals surface area (Å²) in [5.41, 5.74) is -5.59. The zero-order valence-corrected chi connectivity index (χ0v) is 19.2. The van der Waals surface area contributed by atoms with Gasteiger partial charge in [0.15, 0.2) is 5.60 Å². The van der Waals surface area contributed by atoms with Gasteiger partial charge in [-0.25, -0.2) is 22.2 Å². The maximum atomic E-state index is 16.2. The van der Waals surface area contributed by atoms with Crippen LogP contribution in [0.4, 0.5) is 17.6 Å². The van der Waals surface area contributed by atoms with Crippen molar-refractivity contribution in [3.8, 4) is 5.75 Å². The number of rotatable bonds is 9. The minimum absolute atomic E-state index is 0.105. The first-order valence-electron chi connectivity index (χ1n) is 11.7. The first-order chi connectivity index (χ1) is 17.0. The molecule has 1 atom stereocenters. The maximum Gasteiger partial charge on any atom is 0.287 e. The molecule has 0 radical (unpaired) electrons. The lowest BCUT2D eigenvalue weighted by atomic mass is 9.30. The van der Waals surface area contributed by atoms with Gasteiger partial charge in [0, 0.05) is 17.0 Å². The highest BCUT2D eigenvalue weighted by Gasteiger charge is 2.82. The van der Waals surface area contributed by atoms with Crippen molar-refractivity contribution in [3.63, 3.8) is 0 Å². The Hall–Kier alpha value is -3.05. The molecule has 0 spiro atoms. The molecule has 3 aromatic rings. The van der Waals surface area contributed by atoms with Gasteiger partial charge in [0.25, 0.3) is 5.92 Å². The molecule has 36 heavy (non-hydrogen) atoms. The summed E-state index contributed by atoms with van der Waals surface area (Å²) < 4.78 is 67.3. The van der Waals surface area contributed by atoms with E-state index in [1.807, 2.05) is 12.1 Å². The Morgan fingerprint density at radius 1 is 1.03 bits per heavy atom. The van der Waals surface area contributed by atoms with Crippen LogP contribution in [0.3, 0.4) is 0 Å². The van der Waals surface area contributed by atoms with Crippen LogP contribution >= 0.6 is 0 Å². The molecule has 4 aliphatic carbocycles. The summed E-state index contributed by atoms with van der Waals surface area (Å²) in [6.07, 6.45) is 2.80. The molecule has 1 unspecified atom stereocenters. The molecule has 4 saturated carbocycles. The van der Waals surface area contributed by atoms with Crippen molar-refractivity contribution < 1.29 is 32.5 Å². The Kier molecular flexibility index (Phi) is 4.85. The van der Waals surface area contributed by atoms with Crippen LogP contribution in [0.5, 0.6) is 5.75 Å². The molecular formula is C25H24F4N4O3. The van der Waals surface area contributed by atoms with Crippen LogP contribution in [0.1, 0.15) is 43.2 Å². The monoisotopic (exact) mass is 504 g/mol. The first-order valence-corrected chi connectivity index (χ1v) is 11.7. The summed E-state index contributed by atoms with van der Waals surface area (Å²) in [4.78, 5) is 0. The smallest absolute Gasteiger partial charge is 0.287 e. The summed E-state index contributed by atoms with van der Waals surface area (Å²) in [7, 11) is 0. The summed E-state index contributed by atoms with van der Waals surface area (Å²) in [6.45, 7) is -0.588. The largest absolute Gasteiger partial charge is 0.491 e. The number of tetrazole rings is 1. The van der Waals surface area contributed by atoms with Crippen molar-refractivity contribution in [2.45, 2.75) is 61.2 Å². The van der Waals surface area contributed by atoms with Crippen LogP contribution < -0.4 is 4.74 Å². The molecule has 1 aromatic heterocycles. The van der Waals surface area contributed by atoms with Crippen molar-refractivity contribution in [2.24, 2.45) is 5.41 Å². The van der Waals surface area contributed by atoms with Gasteiger partial charge >= 0.3 is 0 Å². The molecule has 4 aliphatic rings. The van der Waals surface area contributed by atoms with E-state index in [1.165, 1.54) is 0 Å². The number of aliphatic hydroxyl groups is 2. The molecule has 2 bridgehead atoms. The van der Waals surface area contributed by atoms with Crippen LogP contribution in [0, 0.1) is 17.0 Å². The highest BCUT2D eigenvalue weighted by atomic mass is 19.3. The van der Waals surface area contributed by atoms with E-state index in [-0.39, 0.29) is 25.9 Å². The Balaban J connectivity index is 1.24. The number of aromatic nitrogens is 4. The zero-order valence-electron chi connectivity index (χ0n) is 19.2. The van der Waals surface area contributed by atoms with Crippen molar-refractivity contribution >= 4 is 0 Å². The molecular weight excluding hydrogens is 480 g/mol. The molecule has 2 aromatic carbocycles. The second kappa shape index (κ2) is 7.48. The second-order valence-corrected chi connectivity index (χ2v) is 10.7. The minimum atomic E-state index is -3.77. The van der Waals surface area contributed by atoms with Crippen LogP contribution in [0.25, 0.3) is 0 Å². The average molecular weight is 504 g/mol. The van der Waals surface area contributed by atoms with Gasteiger partial charge in [-0.3, -0.25) is 0 Å². The number of nitrogens with zero attached hydrogens (tertiary/aromatic N) is 4. The first kappa shape index (κ1) is 23.4. The van der Waals surface area contributed by atoms with E-state index in [2.05, 4.69) is 15.5 Å². The summed E-state index contributed by atoms with van der Waals surface area (Å²) in [5, 5.41) is 31.7. The van der Waals surface area contributed by atoms with Gasteiger partial charge in [-0.2, -0.15) is 0 Å². The van der Waals surface area contributed by atoms with Crippen LogP contribution in [0.2, 0.25) is 0 Å². The fourth-order valence-electron chi connectivity index (χ4n) is 5.94. The molecule has 0 saturated heterocycles. The van der Waals surface area contributed by atoms with Gasteiger partial charge in [0.05, 0.1) is 12.1 Å². The summed E-state index contributed by atoms with van der Waals surface area (Å²) in [6, 6.07) is 9.35. The normalized spacial score (nSPS) is 27.5. The minimum Gasteiger partial charge on any atom is -0.491 e. The fourth-order valence-corrected chi connectivity index (χ4v) is 5.94. The summed E-state index contributed by atoms with van der Waals surface area (Å²) in [5.74, 6) is -5.38. The Morgan fingerprint density at radius 3 is 2.31 bits per heavy atom.